The minimum absolute atomic E-state index is 0. The molecule has 0 aliphatic heterocycles. The van der Waals surface area contributed by atoms with E-state index in [-0.39, 0.29) is 23.4 Å². The summed E-state index contributed by atoms with van der Waals surface area (Å²) in [6, 6.07) is 0. The van der Waals surface area contributed by atoms with Crippen molar-refractivity contribution in [3.05, 3.63) is 0 Å². The molecule has 0 spiro atoms. The van der Waals surface area contributed by atoms with Gasteiger partial charge in [-0.3, -0.25) is 4.79 Å². The predicted molar refractivity (Wildman–Crippen MR) is 13.7 cm³/mol. The SMILES string of the molecule is O=CC(=O)O.[Cu]. The first-order valence-corrected chi connectivity index (χ1v) is 0.952. The van der Waals surface area contributed by atoms with Crippen molar-refractivity contribution in [1.29, 1.82) is 0 Å². The number of carboxylic acids is 1. The fraction of sp³-hybridized carbons (Fsp3) is 0. The van der Waals surface area contributed by atoms with Crippen LogP contribution < -0.4 is 0 Å². The summed E-state index contributed by atoms with van der Waals surface area (Å²) in [6.07, 6.45) is -0.167. The smallest absolute Gasteiger partial charge is 0.368 e. The van der Waals surface area contributed by atoms with Crippen LogP contribution in [0.1, 0.15) is 0 Å². The second-order valence-corrected chi connectivity index (χ2v) is 0.456. The maximum Gasteiger partial charge on any atom is 0.368 e. The number of carbonyl (C=O) groups excluding carboxylic acids is 1. The van der Waals surface area contributed by atoms with E-state index in [4.69, 9.17) is 14.7 Å². The van der Waals surface area contributed by atoms with Crippen LogP contribution in [0.5, 0.6) is 0 Å². The van der Waals surface area contributed by atoms with E-state index >= 15 is 0 Å². The van der Waals surface area contributed by atoms with Crippen molar-refractivity contribution in [2.24, 2.45) is 0 Å². The summed E-state index contributed by atoms with van der Waals surface area (Å²) in [5.74, 6) is -1.43. The second-order valence-electron chi connectivity index (χ2n) is 0.456. The maximum atomic E-state index is 9.00. The largest absolute Gasteiger partial charge is 0.476 e. The van der Waals surface area contributed by atoms with Crippen LogP contribution in [0.15, 0.2) is 0 Å². The Labute approximate surface area is 44.8 Å². The molecule has 4 heteroatoms. The first kappa shape index (κ1) is 9.18. The number of aliphatic carboxylic acids is 1. The molecular formula is C2H2CuO3. The average molecular weight is 138 g/mol. The van der Waals surface area contributed by atoms with E-state index in [0.29, 0.717) is 0 Å². The number of carboxylic acid groups (broad SMARTS) is 1. The summed E-state index contributed by atoms with van der Waals surface area (Å²) in [6.45, 7) is 0. The Bertz CT molecular complexity index is 59.8. The number of hydrogen-bond donors (Lipinski definition) is 1. The summed E-state index contributed by atoms with van der Waals surface area (Å²) in [4.78, 5) is 17.9. The minimum Gasteiger partial charge on any atom is -0.476 e. The molecule has 6 heavy (non-hydrogen) atoms. The zero-order valence-corrected chi connectivity index (χ0v) is 3.58. The van der Waals surface area contributed by atoms with E-state index < -0.39 is 5.97 Å². The monoisotopic (exact) mass is 137 g/mol. The first-order valence-electron chi connectivity index (χ1n) is 0.952. The standard InChI is InChI=1S/C2H2O3.Cu/c3-1-2(4)5;/h1H,(H,4,5);. The zero-order valence-electron chi connectivity index (χ0n) is 2.64. The normalized spacial score (nSPS) is 5.33. The van der Waals surface area contributed by atoms with Crippen molar-refractivity contribution >= 4 is 12.3 Å². The van der Waals surface area contributed by atoms with Crippen molar-refractivity contribution in [3.63, 3.8) is 0 Å². The molecule has 0 amide bonds. The van der Waals surface area contributed by atoms with E-state index in [1.165, 1.54) is 0 Å². The third-order valence-corrected chi connectivity index (χ3v) is 0.101. The molecule has 1 radical (unpaired) electrons. The quantitative estimate of drug-likeness (QED) is 0.295. The number of hydrogen-bond acceptors (Lipinski definition) is 2. The molecule has 0 aromatic rings. The van der Waals surface area contributed by atoms with Gasteiger partial charge < -0.3 is 5.11 Å². The summed E-state index contributed by atoms with van der Waals surface area (Å²) in [5.41, 5.74) is 0. The summed E-state index contributed by atoms with van der Waals surface area (Å²) in [7, 11) is 0. The molecule has 0 heterocycles. The van der Waals surface area contributed by atoms with Crippen molar-refractivity contribution in [2.45, 2.75) is 0 Å². The van der Waals surface area contributed by atoms with Crippen molar-refractivity contribution in [1.82, 2.24) is 0 Å². The van der Waals surface area contributed by atoms with Gasteiger partial charge in [0.25, 0.3) is 0 Å². The Hall–Kier alpha value is -0.341. The van der Waals surface area contributed by atoms with E-state index in [2.05, 4.69) is 0 Å². The molecule has 39 valence electrons. The van der Waals surface area contributed by atoms with Gasteiger partial charge in [-0.15, -0.1) is 0 Å². The van der Waals surface area contributed by atoms with Crippen LogP contribution >= 0.6 is 0 Å². The van der Waals surface area contributed by atoms with Crippen LogP contribution in [0.25, 0.3) is 0 Å². The van der Waals surface area contributed by atoms with Gasteiger partial charge in [-0.05, 0) is 0 Å². The topological polar surface area (TPSA) is 54.4 Å². The maximum absolute atomic E-state index is 9.00. The Morgan fingerprint density at radius 1 is 1.67 bits per heavy atom. The molecule has 0 bridgehead atoms. The molecule has 0 aromatic heterocycles. The molecule has 0 aromatic carbocycles. The molecular weight excluding hydrogens is 136 g/mol. The van der Waals surface area contributed by atoms with Crippen LogP contribution in [0.3, 0.4) is 0 Å². The van der Waals surface area contributed by atoms with Gasteiger partial charge in [0, 0.05) is 17.1 Å². The summed E-state index contributed by atoms with van der Waals surface area (Å²) < 4.78 is 0. The van der Waals surface area contributed by atoms with Crippen LogP contribution in [-0.2, 0) is 26.7 Å². The van der Waals surface area contributed by atoms with Crippen LogP contribution in [0.4, 0.5) is 0 Å². The van der Waals surface area contributed by atoms with Crippen LogP contribution in [0, 0.1) is 0 Å². The molecule has 0 fully saturated rings. The van der Waals surface area contributed by atoms with Crippen LogP contribution in [0.2, 0.25) is 0 Å². The second kappa shape index (κ2) is 4.66. The average Bonchev–Trinajstić information content (AvgIpc) is 1.38. The van der Waals surface area contributed by atoms with Gasteiger partial charge in [0.1, 0.15) is 0 Å². The number of rotatable bonds is 1. The fourth-order valence-corrected chi connectivity index (χ4v) is 0. The predicted octanol–water partition coefficient (Wildman–Crippen LogP) is -0.733. The van der Waals surface area contributed by atoms with E-state index in [1.807, 2.05) is 0 Å². The molecule has 0 unspecified atom stereocenters. The van der Waals surface area contributed by atoms with Crippen molar-refractivity contribution in [2.75, 3.05) is 0 Å². The molecule has 0 rings (SSSR count). The Balaban J connectivity index is 0. The molecule has 0 aliphatic rings. The van der Waals surface area contributed by atoms with Gasteiger partial charge in [-0.1, -0.05) is 0 Å². The van der Waals surface area contributed by atoms with Gasteiger partial charge >= 0.3 is 5.97 Å². The van der Waals surface area contributed by atoms with Gasteiger partial charge in [0.2, 0.25) is 6.29 Å². The Morgan fingerprint density at radius 2 is 1.83 bits per heavy atom. The minimum atomic E-state index is -1.43. The van der Waals surface area contributed by atoms with Crippen LogP contribution in [-0.4, -0.2) is 17.4 Å². The zero-order chi connectivity index (χ0) is 4.28. The molecule has 3 nitrogen and oxygen atoms in total. The molecule has 0 aliphatic carbocycles. The Morgan fingerprint density at radius 3 is 1.83 bits per heavy atom. The van der Waals surface area contributed by atoms with Crippen molar-refractivity contribution < 1.29 is 31.8 Å². The van der Waals surface area contributed by atoms with Gasteiger partial charge in [-0.25, -0.2) is 4.79 Å². The molecule has 0 atom stereocenters. The van der Waals surface area contributed by atoms with E-state index in [1.54, 1.807) is 0 Å². The van der Waals surface area contributed by atoms with E-state index in [9.17, 15) is 0 Å². The summed E-state index contributed by atoms with van der Waals surface area (Å²) in [5, 5.41) is 7.35. The molecule has 0 saturated carbocycles. The van der Waals surface area contributed by atoms with Crippen molar-refractivity contribution in [3.8, 4) is 0 Å². The third-order valence-electron chi connectivity index (χ3n) is 0.101. The third kappa shape index (κ3) is 9.40. The van der Waals surface area contributed by atoms with Gasteiger partial charge in [0.05, 0.1) is 0 Å². The fourth-order valence-electron chi connectivity index (χ4n) is 0. The molecule has 1 N–H and O–H groups in total. The van der Waals surface area contributed by atoms with E-state index in [0.717, 1.165) is 0 Å². The number of carbonyl (C=O) groups is 2. The van der Waals surface area contributed by atoms with Gasteiger partial charge in [0.15, 0.2) is 0 Å². The number of aldehydes is 1. The first-order chi connectivity index (χ1) is 2.27. The van der Waals surface area contributed by atoms with Gasteiger partial charge in [-0.2, -0.15) is 0 Å². The molecule has 0 saturated heterocycles. The summed E-state index contributed by atoms with van der Waals surface area (Å²) >= 11 is 0. The Kier molecular flexibility index (Phi) is 7.13.